The van der Waals surface area contributed by atoms with E-state index in [0.29, 0.717) is 17.6 Å². The second-order valence-corrected chi connectivity index (χ2v) is 3.74. The maximum Gasteiger partial charge on any atom is 0.275 e. The van der Waals surface area contributed by atoms with Crippen LogP contribution in [0, 0.1) is 0 Å². The molecule has 2 rings (SSSR count). The third-order valence-electron chi connectivity index (χ3n) is 2.45. The molecule has 0 fully saturated rings. The molecule has 100 valence electrons. The molecule has 0 aliphatic rings. The molecular formula is C10H15ClN4O3. The highest BCUT2D eigenvalue weighted by Crippen LogP contribution is 2.10. The minimum atomic E-state index is -0.781. The molecule has 0 radical (unpaired) electrons. The van der Waals surface area contributed by atoms with E-state index < -0.39 is 6.10 Å². The van der Waals surface area contributed by atoms with Crippen LogP contribution in [0.5, 0.6) is 0 Å². The Kier molecular flexibility index (Phi) is 5.29. The summed E-state index contributed by atoms with van der Waals surface area (Å²) in [6.07, 6.45) is 2.27. The van der Waals surface area contributed by atoms with Crippen LogP contribution in [0.2, 0.25) is 0 Å². The largest absolute Gasteiger partial charge is 0.394 e. The van der Waals surface area contributed by atoms with Crippen LogP contribution in [-0.2, 0) is 6.54 Å². The molecule has 0 unspecified atom stereocenters. The Hall–Kier alpha value is -1.41. The third-order valence-corrected chi connectivity index (χ3v) is 2.45. The van der Waals surface area contributed by atoms with Gasteiger partial charge in [0.2, 0.25) is 0 Å². The maximum atomic E-state index is 11.4. The zero-order valence-corrected chi connectivity index (χ0v) is 10.3. The number of aliphatic hydroxyl groups is 2. The highest BCUT2D eigenvalue weighted by atomic mass is 35.5. The summed E-state index contributed by atoms with van der Waals surface area (Å²) in [5.41, 5.74) is 1.68. The molecule has 0 bridgehead atoms. The smallest absolute Gasteiger partial charge is 0.275 e. The van der Waals surface area contributed by atoms with E-state index in [0.717, 1.165) is 5.56 Å². The number of nitrogens with zero attached hydrogens (tertiary/aromatic N) is 1. The molecule has 0 saturated carbocycles. The Morgan fingerprint density at radius 2 is 2.22 bits per heavy atom. The van der Waals surface area contributed by atoms with E-state index in [4.69, 9.17) is 10.2 Å². The third kappa shape index (κ3) is 3.08. The van der Waals surface area contributed by atoms with Crippen molar-refractivity contribution >= 4 is 23.4 Å². The van der Waals surface area contributed by atoms with Crippen molar-refractivity contribution in [2.45, 2.75) is 12.6 Å². The van der Waals surface area contributed by atoms with Crippen LogP contribution in [0.3, 0.4) is 0 Å². The lowest BCUT2D eigenvalue weighted by molar-refractivity contribution is 0.0942. The van der Waals surface area contributed by atoms with Crippen LogP contribution in [0.25, 0.3) is 11.0 Å². The SMILES string of the molecule is Cl.O=c1[nH]cnc2c(CNC[C@@H](O)CO)c[nH]c12. The number of halogens is 1. The second-order valence-electron chi connectivity index (χ2n) is 3.74. The standard InChI is InChI=1S/C10H14N4O3.ClH/c15-4-7(16)3-11-1-6-2-12-9-8(6)13-5-14-10(9)17;/h2,5,7,11-12,15-16H,1,3-4H2,(H,13,14,17);1H/t7-;/m1./s1. The zero-order chi connectivity index (χ0) is 12.3. The molecule has 2 aromatic heterocycles. The maximum absolute atomic E-state index is 11.4. The molecule has 0 aromatic carbocycles. The van der Waals surface area contributed by atoms with E-state index in [-0.39, 0.29) is 31.1 Å². The molecule has 1 atom stereocenters. The van der Waals surface area contributed by atoms with Gasteiger partial charge in [-0.3, -0.25) is 4.79 Å². The topological polar surface area (TPSA) is 114 Å². The molecule has 0 aliphatic heterocycles. The summed E-state index contributed by atoms with van der Waals surface area (Å²) in [5, 5.41) is 20.8. The predicted octanol–water partition coefficient (Wildman–Crippen LogP) is -0.884. The van der Waals surface area contributed by atoms with Crippen molar-refractivity contribution in [1.82, 2.24) is 20.3 Å². The van der Waals surface area contributed by atoms with Gasteiger partial charge in [-0.1, -0.05) is 0 Å². The van der Waals surface area contributed by atoms with E-state index in [2.05, 4.69) is 20.3 Å². The molecular weight excluding hydrogens is 260 g/mol. The fraction of sp³-hybridized carbons (Fsp3) is 0.400. The highest BCUT2D eigenvalue weighted by Gasteiger charge is 2.08. The fourth-order valence-corrected chi connectivity index (χ4v) is 1.58. The first kappa shape index (κ1) is 14.7. The Morgan fingerprint density at radius 1 is 1.44 bits per heavy atom. The van der Waals surface area contributed by atoms with Crippen molar-refractivity contribution in [3.63, 3.8) is 0 Å². The quantitative estimate of drug-likeness (QED) is 0.486. The van der Waals surface area contributed by atoms with Gasteiger partial charge in [-0.05, 0) is 0 Å². The van der Waals surface area contributed by atoms with Gasteiger partial charge in [-0.2, -0.15) is 0 Å². The van der Waals surface area contributed by atoms with Crippen molar-refractivity contribution in [3.05, 3.63) is 28.4 Å². The van der Waals surface area contributed by atoms with E-state index >= 15 is 0 Å². The van der Waals surface area contributed by atoms with Gasteiger partial charge in [0.15, 0.2) is 0 Å². The van der Waals surface area contributed by atoms with Crippen LogP contribution >= 0.6 is 12.4 Å². The van der Waals surface area contributed by atoms with Crippen molar-refractivity contribution in [3.8, 4) is 0 Å². The van der Waals surface area contributed by atoms with Gasteiger partial charge >= 0.3 is 0 Å². The van der Waals surface area contributed by atoms with Gasteiger partial charge in [-0.15, -0.1) is 12.4 Å². The molecule has 0 saturated heterocycles. The molecule has 0 spiro atoms. The summed E-state index contributed by atoms with van der Waals surface area (Å²) in [6, 6.07) is 0. The molecule has 0 amide bonds. The van der Waals surface area contributed by atoms with Crippen LogP contribution in [-0.4, -0.2) is 44.4 Å². The van der Waals surface area contributed by atoms with Gasteiger partial charge in [0.25, 0.3) is 5.56 Å². The van der Waals surface area contributed by atoms with E-state index in [1.165, 1.54) is 6.33 Å². The Balaban J connectivity index is 0.00000162. The number of H-pyrrole nitrogens is 2. The van der Waals surface area contributed by atoms with Crippen LogP contribution in [0.4, 0.5) is 0 Å². The molecule has 7 nitrogen and oxygen atoms in total. The number of rotatable bonds is 5. The van der Waals surface area contributed by atoms with Crippen molar-refractivity contribution in [2.24, 2.45) is 0 Å². The average molecular weight is 275 g/mol. The van der Waals surface area contributed by atoms with E-state index in [1.54, 1.807) is 6.20 Å². The summed E-state index contributed by atoms with van der Waals surface area (Å²) in [5.74, 6) is 0. The fourth-order valence-electron chi connectivity index (χ4n) is 1.58. The monoisotopic (exact) mass is 274 g/mol. The Labute approximate surface area is 109 Å². The summed E-state index contributed by atoms with van der Waals surface area (Å²) in [7, 11) is 0. The zero-order valence-electron chi connectivity index (χ0n) is 9.51. The summed E-state index contributed by atoms with van der Waals surface area (Å²) >= 11 is 0. The van der Waals surface area contributed by atoms with Crippen LogP contribution < -0.4 is 10.9 Å². The molecule has 18 heavy (non-hydrogen) atoms. The minimum Gasteiger partial charge on any atom is -0.394 e. The van der Waals surface area contributed by atoms with Gasteiger partial charge in [-0.25, -0.2) is 4.98 Å². The molecule has 8 heteroatoms. The van der Waals surface area contributed by atoms with Gasteiger partial charge in [0, 0.05) is 24.8 Å². The van der Waals surface area contributed by atoms with Crippen molar-refractivity contribution < 1.29 is 10.2 Å². The molecule has 5 N–H and O–H groups in total. The van der Waals surface area contributed by atoms with E-state index in [9.17, 15) is 4.79 Å². The number of aliphatic hydroxyl groups excluding tert-OH is 2. The van der Waals surface area contributed by atoms with Crippen LogP contribution in [0.15, 0.2) is 17.3 Å². The van der Waals surface area contributed by atoms with Crippen molar-refractivity contribution in [2.75, 3.05) is 13.2 Å². The highest BCUT2D eigenvalue weighted by molar-refractivity contribution is 5.85. The lowest BCUT2D eigenvalue weighted by Gasteiger charge is -2.07. The molecule has 2 heterocycles. The number of hydrogen-bond acceptors (Lipinski definition) is 5. The number of hydrogen-bond donors (Lipinski definition) is 5. The van der Waals surface area contributed by atoms with Gasteiger partial charge in [0.05, 0.1) is 24.6 Å². The van der Waals surface area contributed by atoms with E-state index in [1.807, 2.05) is 0 Å². The number of aromatic nitrogens is 3. The molecule has 0 aliphatic carbocycles. The van der Waals surface area contributed by atoms with Gasteiger partial charge < -0.3 is 25.5 Å². The average Bonchev–Trinajstić information content (AvgIpc) is 2.74. The summed E-state index contributed by atoms with van der Waals surface area (Å²) in [6.45, 7) is 0.471. The normalized spacial score (nSPS) is 12.3. The first-order valence-corrected chi connectivity index (χ1v) is 5.25. The number of aromatic amines is 2. The first-order chi connectivity index (χ1) is 8.22. The summed E-state index contributed by atoms with van der Waals surface area (Å²) in [4.78, 5) is 20.8. The Bertz CT molecular complexity index is 553. The predicted molar refractivity (Wildman–Crippen MR) is 68.8 cm³/mol. The lowest BCUT2D eigenvalue weighted by atomic mass is 10.2. The number of nitrogens with one attached hydrogen (secondary N) is 3. The molecule has 2 aromatic rings. The first-order valence-electron chi connectivity index (χ1n) is 5.25. The minimum absolute atomic E-state index is 0. The lowest BCUT2D eigenvalue weighted by Crippen LogP contribution is -2.28. The van der Waals surface area contributed by atoms with Gasteiger partial charge in [0.1, 0.15) is 5.52 Å². The second kappa shape index (κ2) is 6.50. The summed E-state index contributed by atoms with van der Waals surface area (Å²) < 4.78 is 0. The Morgan fingerprint density at radius 3 is 2.94 bits per heavy atom. The number of fused-ring (bicyclic) bond motifs is 1. The van der Waals surface area contributed by atoms with Crippen LogP contribution in [0.1, 0.15) is 5.56 Å². The van der Waals surface area contributed by atoms with Crippen molar-refractivity contribution in [1.29, 1.82) is 0 Å².